The van der Waals surface area contributed by atoms with Crippen molar-refractivity contribution >= 4 is 41.6 Å². The Morgan fingerprint density at radius 1 is 1.39 bits per heavy atom. The lowest BCUT2D eigenvalue weighted by Crippen LogP contribution is -2.30. The van der Waals surface area contributed by atoms with Crippen molar-refractivity contribution in [2.24, 2.45) is 0 Å². The first-order valence-electron chi connectivity index (χ1n) is 6.33. The van der Waals surface area contributed by atoms with Crippen LogP contribution in [-0.2, 0) is 0 Å². The van der Waals surface area contributed by atoms with Crippen LogP contribution in [0.4, 0.5) is 4.79 Å². The van der Waals surface area contributed by atoms with Crippen LogP contribution < -0.4 is 0 Å². The Morgan fingerprint density at radius 3 is 2.48 bits per heavy atom. The summed E-state index contributed by atoms with van der Waals surface area (Å²) in [5.41, 5.74) is 0. The van der Waals surface area contributed by atoms with Crippen molar-refractivity contribution in [2.45, 2.75) is 20.8 Å². The number of carbonyl (C=O) groups excluding carboxylic acids is 1. The van der Waals surface area contributed by atoms with Crippen LogP contribution in [0.25, 0.3) is 0 Å². The lowest BCUT2D eigenvalue weighted by Gasteiger charge is -2.15. The summed E-state index contributed by atoms with van der Waals surface area (Å²) in [4.78, 5) is 16.9. The smallest absolute Gasteiger partial charge is 0.329 e. The van der Waals surface area contributed by atoms with Crippen LogP contribution in [0.2, 0.25) is 10.0 Å². The molecule has 0 saturated heterocycles. The number of imidazole rings is 1. The maximum Gasteiger partial charge on any atom is 0.329 e. The molecule has 0 aliphatic carbocycles. The summed E-state index contributed by atoms with van der Waals surface area (Å²) in [7, 11) is 1.78. The quantitative estimate of drug-likeness (QED) is 0.799. The maximum absolute atomic E-state index is 11.4. The summed E-state index contributed by atoms with van der Waals surface area (Å²) >= 11 is 11.0. The van der Waals surface area contributed by atoms with Crippen molar-refractivity contribution in [1.29, 1.82) is 0 Å². The van der Waals surface area contributed by atoms with Gasteiger partial charge in [-0.05, 0) is 24.6 Å². The molecule has 8 heteroatoms. The van der Waals surface area contributed by atoms with Crippen LogP contribution in [0.1, 0.15) is 20.8 Å². The fraction of sp³-hybridized carbons (Fsp3) is 0.333. The average Bonchev–Trinajstić information content (AvgIpc) is 2.97. The minimum atomic E-state index is -0.0330. The van der Waals surface area contributed by atoms with Crippen molar-refractivity contribution in [3.63, 3.8) is 0 Å². The van der Waals surface area contributed by atoms with Gasteiger partial charge in [0.05, 0.1) is 5.02 Å². The number of aromatic hydroxyl groups is 1. The Balaban J connectivity index is 0. The first kappa shape index (κ1) is 23.8. The zero-order chi connectivity index (χ0) is 15.8. The summed E-state index contributed by atoms with van der Waals surface area (Å²) in [6, 6.07) is 4.47. The van der Waals surface area contributed by atoms with Gasteiger partial charge in [-0.3, -0.25) is 4.57 Å². The first-order chi connectivity index (χ1) is 9.95. The first-order valence-corrected chi connectivity index (χ1v) is 7.08. The summed E-state index contributed by atoms with van der Waals surface area (Å²) in [5.74, 6) is 0.0565. The molecular formula is C15H22Cl3N3O2. The molecule has 1 aromatic carbocycles. The summed E-state index contributed by atoms with van der Waals surface area (Å²) in [6.07, 6.45) is 5.72. The van der Waals surface area contributed by atoms with Crippen molar-refractivity contribution in [1.82, 2.24) is 14.5 Å². The second kappa shape index (κ2) is 12.0. The number of rotatable bonds is 2. The topological polar surface area (TPSA) is 58.4 Å². The number of phenols is 1. The Labute approximate surface area is 153 Å². The number of benzene rings is 1. The van der Waals surface area contributed by atoms with Crippen molar-refractivity contribution < 1.29 is 9.90 Å². The Bertz CT molecular complexity index is 577. The van der Waals surface area contributed by atoms with Gasteiger partial charge in [-0.15, -0.1) is 12.4 Å². The van der Waals surface area contributed by atoms with Crippen molar-refractivity contribution in [2.75, 3.05) is 13.6 Å². The van der Waals surface area contributed by atoms with Gasteiger partial charge in [0, 0.05) is 31.0 Å². The molecule has 2 rings (SSSR count). The van der Waals surface area contributed by atoms with Crippen molar-refractivity contribution in [3.05, 3.63) is 47.0 Å². The molecule has 0 spiro atoms. The Hall–Kier alpha value is -1.43. The number of carbonyl (C=O) groups is 1. The third-order valence-corrected chi connectivity index (χ3v) is 3.06. The van der Waals surface area contributed by atoms with Crippen LogP contribution in [0.3, 0.4) is 0 Å². The molecular weight excluding hydrogens is 361 g/mol. The van der Waals surface area contributed by atoms with Gasteiger partial charge in [-0.25, -0.2) is 9.78 Å². The maximum atomic E-state index is 11.4. The molecule has 0 saturated carbocycles. The van der Waals surface area contributed by atoms with Crippen LogP contribution in [-0.4, -0.2) is 39.2 Å². The number of hydrogen-bond donors (Lipinski definition) is 1. The van der Waals surface area contributed by atoms with Crippen LogP contribution in [0.5, 0.6) is 5.75 Å². The molecule has 2 aromatic rings. The van der Waals surface area contributed by atoms with E-state index in [2.05, 4.69) is 4.98 Å². The van der Waals surface area contributed by atoms with Gasteiger partial charge in [0.25, 0.3) is 0 Å². The van der Waals surface area contributed by atoms with E-state index < -0.39 is 0 Å². The number of amides is 1. The van der Waals surface area contributed by atoms with Crippen LogP contribution >= 0.6 is 35.6 Å². The number of hydrogen-bond acceptors (Lipinski definition) is 3. The Morgan fingerprint density at radius 2 is 2.04 bits per heavy atom. The highest BCUT2D eigenvalue weighted by atomic mass is 35.5. The zero-order valence-electron chi connectivity index (χ0n) is 12.2. The third kappa shape index (κ3) is 8.11. The molecule has 0 bridgehead atoms. The van der Waals surface area contributed by atoms with E-state index in [4.69, 9.17) is 28.3 Å². The highest BCUT2D eigenvalue weighted by molar-refractivity contribution is 6.35. The van der Waals surface area contributed by atoms with Gasteiger partial charge in [0.1, 0.15) is 12.1 Å². The van der Waals surface area contributed by atoms with Gasteiger partial charge in [0.15, 0.2) is 0 Å². The summed E-state index contributed by atoms with van der Waals surface area (Å²) < 4.78 is 1.47. The second-order valence-electron chi connectivity index (χ2n) is 4.27. The molecule has 1 aromatic heterocycles. The van der Waals surface area contributed by atoms with E-state index in [0.29, 0.717) is 5.02 Å². The lowest BCUT2D eigenvalue weighted by atomic mass is 10.3. The standard InChI is InChI=1S/C8H13N3O.C6H4Cl2O.CH4.ClH/c1-3-5-10(2)8(12)11-6-4-9-7-11;7-4-1-2-6(9)5(8)3-4;;/h4,6-7H,3,5H2,1-2H3;1-3,9H;1H4;1H. The molecule has 0 unspecified atom stereocenters. The monoisotopic (exact) mass is 381 g/mol. The average molecular weight is 383 g/mol. The normalized spacial score (nSPS) is 8.87. The number of halogens is 3. The van der Waals surface area contributed by atoms with Gasteiger partial charge < -0.3 is 10.0 Å². The zero-order valence-corrected chi connectivity index (χ0v) is 14.6. The molecule has 1 heterocycles. The minimum Gasteiger partial charge on any atom is -0.506 e. The molecule has 23 heavy (non-hydrogen) atoms. The second-order valence-corrected chi connectivity index (χ2v) is 5.11. The molecule has 0 fully saturated rings. The van der Waals surface area contributed by atoms with Crippen LogP contribution in [0.15, 0.2) is 36.9 Å². The van der Waals surface area contributed by atoms with Gasteiger partial charge in [-0.1, -0.05) is 37.6 Å². The SMILES string of the molecule is C.CCCN(C)C(=O)n1ccnc1.Cl.Oc1ccc(Cl)cc1Cl. The lowest BCUT2D eigenvalue weighted by molar-refractivity contribution is 0.210. The third-order valence-electron chi connectivity index (χ3n) is 2.52. The van der Waals surface area contributed by atoms with E-state index in [1.807, 2.05) is 6.92 Å². The predicted octanol–water partition coefficient (Wildman–Crippen LogP) is 4.95. The van der Waals surface area contributed by atoms with E-state index in [1.165, 1.54) is 23.0 Å². The van der Waals surface area contributed by atoms with E-state index in [-0.39, 0.29) is 36.6 Å². The van der Waals surface area contributed by atoms with E-state index in [9.17, 15) is 4.79 Å². The summed E-state index contributed by atoms with van der Waals surface area (Å²) in [6.45, 7) is 2.81. The molecule has 1 amide bonds. The molecule has 0 atom stereocenters. The number of nitrogens with zero attached hydrogens (tertiary/aromatic N) is 3. The molecule has 0 radical (unpaired) electrons. The fourth-order valence-electron chi connectivity index (χ4n) is 1.48. The highest BCUT2D eigenvalue weighted by Gasteiger charge is 2.07. The van der Waals surface area contributed by atoms with E-state index in [0.717, 1.165) is 13.0 Å². The predicted molar refractivity (Wildman–Crippen MR) is 98.0 cm³/mol. The van der Waals surface area contributed by atoms with E-state index >= 15 is 0 Å². The number of phenolic OH excluding ortho intramolecular Hbond substituents is 1. The van der Waals surface area contributed by atoms with Gasteiger partial charge >= 0.3 is 6.03 Å². The van der Waals surface area contributed by atoms with Gasteiger partial charge in [-0.2, -0.15) is 0 Å². The molecule has 130 valence electrons. The summed E-state index contributed by atoms with van der Waals surface area (Å²) in [5, 5.41) is 9.66. The van der Waals surface area contributed by atoms with Crippen LogP contribution in [0, 0.1) is 0 Å². The highest BCUT2D eigenvalue weighted by Crippen LogP contribution is 2.25. The molecule has 5 nitrogen and oxygen atoms in total. The fourth-order valence-corrected chi connectivity index (χ4v) is 1.89. The van der Waals surface area contributed by atoms with Gasteiger partial charge in [0.2, 0.25) is 0 Å². The Kier molecular flexibility index (Phi) is 12.5. The van der Waals surface area contributed by atoms with E-state index in [1.54, 1.807) is 30.4 Å². The molecule has 0 aliphatic rings. The number of aromatic nitrogens is 2. The van der Waals surface area contributed by atoms with Crippen molar-refractivity contribution in [3.8, 4) is 5.75 Å². The largest absolute Gasteiger partial charge is 0.506 e. The molecule has 1 N–H and O–H groups in total. The molecule has 0 aliphatic heterocycles. The minimum absolute atomic E-state index is 0.